The lowest BCUT2D eigenvalue weighted by molar-refractivity contribution is 0.567. The third-order valence-corrected chi connectivity index (χ3v) is 16.5. The molecule has 1 aliphatic rings. The highest BCUT2D eigenvalue weighted by molar-refractivity contribution is 14.2. The number of rotatable bonds is 8. The van der Waals surface area contributed by atoms with Crippen molar-refractivity contribution in [2.24, 2.45) is 0 Å². The monoisotopic (exact) mass is 1030 g/mol. The molecule has 14 rings (SSSR count). The second-order valence-electron chi connectivity index (χ2n) is 18.1. The van der Waals surface area contributed by atoms with E-state index in [0.29, 0.717) is 5.89 Å². The van der Waals surface area contributed by atoms with Gasteiger partial charge in [0.25, 0.3) is 0 Å². The molecule has 0 fully saturated rings. The summed E-state index contributed by atoms with van der Waals surface area (Å²) in [5.41, 5.74) is 17.7. The summed E-state index contributed by atoms with van der Waals surface area (Å²) in [7, 11) is 0. The van der Waals surface area contributed by atoms with Gasteiger partial charge in [0.05, 0.1) is 26.0 Å². The van der Waals surface area contributed by atoms with Gasteiger partial charge in [-0.15, -0.1) is 0 Å². The molecule has 2 aromatic heterocycles. The van der Waals surface area contributed by atoms with E-state index in [1.54, 1.807) is 0 Å². The predicted molar refractivity (Wildman–Crippen MR) is 304 cm³/mol. The number of hydrogen-bond donors (Lipinski definition) is 0. The number of oxazole rings is 1. The van der Waals surface area contributed by atoms with Crippen molar-refractivity contribution in [2.75, 3.05) is 0 Å². The molecular weight excluding hydrogens is 994 g/mol. The Bertz CT molecular complexity index is 4240. The first-order chi connectivity index (χ1) is 35.6. The van der Waals surface area contributed by atoms with E-state index in [-0.39, 0.29) is 20.7 Å². The number of nitrogens with zero attached hydrogens (tertiary/aromatic N) is 3. The van der Waals surface area contributed by atoms with Crippen LogP contribution < -0.4 is 4.74 Å². The van der Waals surface area contributed by atoms with Gasteiger partial charge in [-0.1, -0.05) is 194 Å². The van der Waals surface area contributed by atoms with E-state index in [4.69, 9.17) is 24.1 Å². The van der Waals surface area contributed by atoms with E-state index < -0.39 is 0 Å². The zero-order valence-corrected chi connectivity index (χ0v) is 40.8. The van der Waals surface area contributed by atoms with Crippen LogP contribution in [0, 0.1) is 3.57 Å². The maximum atomic E-state index is 6.29. The lowest BCUT2D eigenvalue weighted by atomic mass is 9.93. The summed E-state index contributed by atoms with van der Waals surface area (Å²) in [6, 6.07) is 85.7. The van der Waals surface area contributed by atoms with Gasteiger partial charge < -0.3 is 9.15 Å². The summed E-state index contributed by atoms with van der Waals surface area (Å²) in [6.07, 6.45) is 0. The van der Waals surface area contributed by atoms with Gasteiger partial charge in [0, 0.05) is 33.4 Å². The fourth-order valence-electron chi connectivity index (χ4n) is 9.88. The molecule has 0 amide bonds. The van der Waals surface area contributed by atoms with Gasteiger partial charge in [0.2, 0.25) is 5.89 Å². The zero-order chi connectivity index (χ0) is 47.5. The van der Waals surface area contributed by atoms with Gasteiger partial charge in [-0.25, -0.2) is 15.0 Å². The Labute approximate surface area is 425 Å². The van der Waals surface area contributed by atoms with Crippen molar-refractivity contribution in [3.63, 3.8) is 0 Å². The van der Waals surface area contributed by atoms with Crippen LogP contribution in [0.25, 0.3) is 122 Å². The Kier molecular flexibility index (Phi) is 10.2. The second-order valence-corrected chi connectivity index (χ2v) is 20.8. The first kappa shape index (κ1) is 42.1. The molecule has 0 spiro atoms. The minimum atomic E-state index is -0.354. The number of para-hydroxylation sites is 3. The van der Waals surface area contributed by atoms with Gasteiger partial charge in [-0.05, 0) is 124 Å². The van der Waals surface area contributed by atoms with Crippen LogP contribution in [0.3, 0.4) is 0 Å². The lowest BCUT2D eigenvalue weighted by Gasteiger charge is -2.17. The van der Waals surface area contributed by atoms with E-state index in [2.05, 4.69) is 212 Å². The molecule has 0 radical (unpaired) electrons. The van der Waals surface area contributed by atoms with E-state index >= 15 is 0 Å². The van der Waals surface area contributed by atoms with Crippen LogP contribution in [0.2, 0.25) is 0 Å². The molecule has 0 bridgehead atoms. The molecule has 6 heteroatoms. The first-order valence-electron chi connectivity index (χ1n) is 24.0. The molecular formula is C66H40IN3O2. The molecule has 0 saturated heterocycles. The molecule has 1 aliphatic heterocycles. The number of ether oxygens (including phenoxy) is 1. The molecule has 11 aromatic carbocycles. The summed E-state index contributed by atoms with van der Waals surface area (Å²) in [4.78, 5) is 16.2. The van der Waals surface area contributed by atoms with E-state index in [1.165, 1.54) is 25.1 Å². The van der Waals surface area contributed by atoms with Crippen LogP contribution in [0.1, 0.15) is 5.56 Å². The number of halogens is 1. The molecule has 5 nitrogen and oxygen atoms in total. The highest BCUT2D eigenvalue weighted by Crippen LogP contribution is 2.41. The third kappa shape index (κ3) is 7.64. The topological polar surface area (TPSA) is 61.0 Å². The lowest BCUT2D eigenvalue weighted by Crippen LogP contribution is -2.03. The van der Waals surface area contributed by atoms with Crippen LogP contribution in [0.5, 0.6) is 5.75 Å². The van der Waals surface area contributed by atoms with Crippen LogP contribution >= 0.6 is 20.7 Å². The Morgan fingerprint density at radius 3 is 1.28 bits per heavy atom. The van der Waals surface area contributed by atoms with Crippen LogP contribution in [0.4, 0.5) is 0 Å². The SMILES string of the molecule is c1ccc2c(c1)OC(c1ccc(-c3ccc(-c4nc5c(-c6ccc7ccccc7c6)ccc(-c6ccc7ccccc7c6)c5nc4-c4ccc(-c5ccc(-c6nc7ccccc7o6)cc5)cc4)cc3)cc1)=I2. The van der Waals surface area contributed by atoms with Gasteiger partial charge in [-0.2, -0.15) is 0 Å². The Balaban J connectivity index is 0.895. The maximum absolute atomic E-state index is 6.29. The molecule has 0 aliphatic carbocycles. The highest BCUT2D eigenvalue weighted by atomic mass is 127. The summed E-state index contributed by atoms with van der Waals surface area (Å²) in [5, 5.41) is 4.75. The molecule has 0 N–H and O–H groups in total. The van der Waals surface area contributed by atoms with E-state index in [0.717, 1.165) is 110 Å². The van der Waals surface area contributed by atoms with Crippen LogP contribution in [-0.4, -0.2) is 18.6 Å². The molecule has 0 atom stereocenters. The highest BCUT2D eigenvalue weighted by Gasteiger charge is 2.21. The van der Waals surface area contributed by atoms with Gasteiger partial charge in [0.15, 0.2) is 9.28 Å². The number of hydrogen-bond acceptors (Lipinski definition) is 5. The average Bonchev–Trinajstić information content (AvgIpc) is 4.10. The van der Waals surface area contributed by atoms with Gasteiger partial charge in [0.1, 0.15) is 11.3 Å². The summed E-state index contributed by atoms with van der Waals surface area (Å²) in [6.45, 7) is 0. The smallest absolute Gasteiger partial charge is 0.227 e. The van der Waals surface area contributed by atoms with Crippen molar-refractivity contribution in [1.82, 2.24) is 15.0 Å². The Morgan fingerprint density at radius 1 is 0.319 bits per heavy atom. The van der Waals surface area contributed by atoms with Crippen LogP contribution in [-0.2, 0) is 0 Å². The summed E-state index contributed by atoms with van der Waals surface area (Å²) >= 11 is -0.354. The minimum Gasteiger partial charge on any atom is -0.450 e. The molecule has 3 heterocycles. The van der Waals surface area contributed by atoms with Crippen molar-refractivity contribution in [2.45, 2.75) is 0 Å². The van der Waals surface area contributed by atoms with E-state index in [1.807, 2.05) is 30.3 Å². The molecule has 13 aromatic rings. The fourth-order valence-corrected chi connectivity index (χ4v) is 12.4. The zero-order valence-electron chi connectivity index (χ0n) is 38.6. The predicted octanol–water partition coefficient (Wildman–Crippen LogP) is 17.5. The number of aromatic nitrogens is 3. The third-order valence-electron chi connectivity index (χ3n) is 13.7. The molecule has 338 valence electrons. The van der Waals surface area contributed by atoms with E-state index in [9.17, 15) is 0 Å². The number of fused-ring (bicyclic) bond motifs is 5. The van der Waals surface area contributed by atoms with Crippen molar-refractivity contribution in [3.05, 3.63) is 252 Å². The van der Waals surface area contributed by atoms with Gasteiger partial charge in [-0.3, -0.25) is 0 Å². The average molecular weight is 1030 g/mol. The summed E-state index contributed by atoms with van der Waals surface area (Å²) in [5.74, 6) is 1.60. The van der Waals surface area contributed by atoms with Crippen molar-refractivity contribution in [3.8, 4) is 84.2 Å². The van der Waals surface area contributed by atoms with Crippen molar-refractivity contribution < 1.29 is 9.15 Å². The van der Waals surface area contributed by atoms with Crippen LogP contribution in [0.15, 0.2) is 247 Å². The minimum absolute atomic E-state index is 0.354. The summed E-state index contributed by atoms with van der Waals surface area (Å²) < 4.78 is 14.8. The van der Waals surface area contributed by atoms with Crippen molar-refractivity contribution >= 4 is 68.1 Å². The standard InChI is InChI=1S/C66H40IN3O2/c1-3-11-51-39-53(35-25-41(51)9-1)55-37-38-56(54-36-26-42-10-2-4-12-52(42)40-54)64-63(55)69-61(47-27-17-43(18-28-47)45-21-31-49(32-22-45)65-67-57-13-5-7-15-59(57)71-65)62(70-64)48-29-19-44(20-30-48)46-23-33-50(34-24-46)66-68-58-14-6-8-16-60(58)72-66/h1-40H. The van der Waals surface area contributed by atoms with Gasteiger partial charge >= 0.3 is 0 Å². The quantitative estimate of drug-likeness (QED) is 0.142. The Morgan fingerprint density at radius 2 is 0.750 bits per heavy atom. The Hall–Kier alpha value is -8.85. The first-order valence-corrected chi connectivity index (χ1v) is 26.2. The second kappa shape index (κ2) is 17.5. The fraction of sp³-hybridized carbons (Fsp3) is 0. The normalized spacial score (nSPS) is 12.2. The maximum Gasteiger partial charge on any atom is 0.227 e. The number of benzene rings is 11. The van der Waals surface area contributed by atoms with Crippen molar-refractivity contribution in [1.29, 1.82) is 0 Å². The largest absolute Gasteiger partial charge is 0.450 e. The molecule has 0 saturated carbocycles. The molecule has 72 heavy (non-hydrogen) atoms. The molecule has 0 unspecified atom stereocenters.